The van der Waals surface area contributed by atoms with Crippen LogP contribution in [-0.4, -0.2) is 72.1 Å². The fourth-order valence-electron chi connectivity index (χ4n) is 3.23. The van der Waals surface area contributed by atoms with Gasteiger partial charge in [-0.25, -0.2) is 4.79 Å². The Morgan fingerprint density at radius 1 is 0.970 bits per heavy atom. The maximum atomic E-state index is 11.9. The first kappa shape index (κ1) is 25.6. The molecule has 180 valence electrons. The summed E-state index contributed by atoms with van der Waals surface area (Å²) in [7, 11) is 0. The second kappa shape index (κ2) is 11.3. The summed E-state index contributed by atoms with van der Waals surface area (Å²) < 4.78 is 27.3. The lowest BCUT2D eigenvalue weighted by molar-refractivity contribution is -0.257. The number of aromatic carboxylic acids is 1. The third-order valence-corrected chi connectivity index (χ3v) is 4.40. The van der Waals surface area contributed by atoms with Gasteiger partial charge >= 0.3 is 23.9 Å². The van der Waals surface area contributed by atoms with Crippen molar-refractivity contribution in [3.05, 3.63) is 29.8 Å². The zero-order valence-corrected chi connectivity index (χ0v) is 18.4. The molecule has 0 bridgehead atoms. The summed E-state index contributed by atoms with van der Waals surface area (Å²) in [5.74, 6) is -3.76. The average Bonchev–Trinajstić information content (AvgIpc) is 2.70. The number of carbonyl (C=O) groups is 5. The summed E-state index contributed by atoms with van der Waals surface area (Å²) in [6, 6.07) is 4.32. The van der Waals surface area contributed by atoms with Crippen LogP contribution in [-0.2, 0) is 38.1 Å². The molecule has 1 aliphatic rings. The predicted octanol–water partition coefficient (Wildman–Crippen LogP) is 0.420. The molecule has 1 amide bonds. The predicted molar refractivity (Wildman–Crippen MR) is 108 cm³/mol. The van der Waals surface area contributed by atoms with Crippen molar-refractivity contribution in [3.8, 4) is 5.75 Å². The van der Waals surface area contributed by atoms with E-state index in [-0.39, 0.29) is 17.9 Å². The molecule has 0 radical (unpaired) electrons. The molecule has 33 heavy (non-hydrogen) atoms. The van der Waals surface area contributed by atoms with E-state index in [9.17, 15) is 29.1 Å². The smallest absolute Gasteiger partial charge is 0.335 e. The van der Waals surface area contributed by atoms with Gasteiger partial charge in [-0.15, -0.1) is 0 Å². The number of carboxylic acids is 1. The first-order valence-corrected chi connectivity index (χ1v) is 9.88. The van der Waals surface area contributed by atoms with Gasteiger partial charge in [-0.1, -0.05) is 6.07 Å². The van der Waals surface area contributed by atoms with Gasteiger partial charge in [0.2, 0.25) is 12.2 Å². The zero-order valence-electron chi connectivity index (χ0n) is 18.4. The minimum Gasteiger partial charge on any atom is -0.478 e. The summed E-state index contributed by atoms with van der Waals surface area (Å²) in [4.78, 5) is 58.1. The van der Waals surface area contributed by atoms with Gasteiger partial charge in [0, 0.05) is 27.7 Å². The van der Waals surface area contributed by atoms with E-state index in [4.69, 9.17) is 23.7 Å². The number of carbonyl (C=O) groups excluding carboxylic acids is 4. The fourth-order valence-corrected chi connectivity index (χ4v) is 3.23. The zero-order chi connectivity index (χ0) is 24.7. The lowest BCUT2D eigenvalue weighted by atomic mass is 9.96. The van der Waals surface area contributed by atoms with E-state index < -0.39 is 60.4 Å². The SMILES string of the molecule is CC(=O)N[C@@H]1[C@H](Oc2cccc(C(=O)O)c2)O[C@H](COC(C)=O)[C@H](OC(C)=O)[C@H]1OC(C)=O. The third-order valence-electron chi connectivity index (χ3n) is 4.40. The van der Waals surface area contributed by atoms with Crippen molar-refractivity contribution in [3.63, 3.8) is 0 Å². The molecule has 2 N–H and O–H groups in total. The Bertz CT molecular complexity index is 915. The minimum absolute atomic E-state index is 0.0647. The van der Waals surface area contributed by atoms with E-state index in [1.54, 1.807) is 0 Å². The molecule has 0 aliphatic carbocycles. The molecule has 12 nitrogen and oxygen atoms in total. The summed E-state index contributed by atoms with van der Waals surface area (Å²) >= 11 is 0. The van der Waals surface area contributed by atoms with Gasteiger partial charge in [0.1, 0.15) is 24.5 Å². The highest BCUT2D eigenvalue weighted by Gasteiger charge is 2.51. The number of hydrogen-bond donors (Lipinski definition) is 2. The Labute approximate surface area is 189 Å². The van der Waals surface area contributed by atoms with Crippen molar-refractivity contribution in [1.29, 1.82) is 0 Å². The number of nitrogens with one attached hydrogen (secondary N) is 1. The molecule has 5 atom stereocenters. The van der Waals surface area contributed by atoms with E-state index in [1.165, 1.54) is 38.1 Å². The van der Waals surface area contributed by atoms with Gasteiger partial charge in [0.05, 0.1) is 5.56 Å². The largest absolute Gasteiger partial charge is 0.478 e. The Balaban J connectivity index is 2.47. The van der Waals surface area contributed by atoms with E-state index in [0.717, 1.165) is 13.8 Å². The van der Waals surface area contributed by atoms with E-state index in [1.807, 2.05) is 0 Å². The lowest BCUT2D eigenvalue weighted by Gasteiger charge is -2.44. The van der Waals surface area contributed by atoms with Crippen LogP contribution < -0.4 is 10.1 Å². The van der Waals surface area contributed by atoms with Crippen LogP contribution in [0.3, 0.4) is 0 Å². The Morgan fingerprint density at radius 3 is 2.15 bits per heavy atom. The molecular weight excluding hydrogens is 442 g/mol. The van der Waals surface area contributed by atoms with Crippen molar-refractivity contribution in [2.45, 2.75) is 58.3 Å². The van der Waals surface area contributed by atoms with Crippen LogP contribution >= 0.6 is 0 Å². The molecule has 1 saturated heterocycles. The molecule has 1 aromatic rings. The number of carboxylic acid groups (broad SMARTS) is 1. The van der Waals surface area contributed by atoms with Crippen molar-refractivity contribution in [2.24, 2.45) is 0 Å². The number of rotatable bonds is 8. The van der Waals surface area contributed by atoms with Crippen molar-refractivity contribution in [1.82, 2.24) is 5.32 Å². The van der Waals surface area contributed by atoms with Crippen LogP contribution in [0.25, 0.3) is 0 Å². The highest BCUT2D eigenvalue weighted by Crippen LogP contribution is 2.29. The van der Waals surface area contributed by atoms with Crippen LogP contribution in [0.2, 0.25) is 0 Å². The molecule has 0 saturated carbocycles. The van der Waals surface area contributed by atoms with Gasteiger partial charge in [-0.3, -0.25) is 19.2 Å². The van der Waals surface area contributed by atoms with Gasteiger partial charge in [-0.2, -0.15) is 0 Å². The molecule has 1 aromatic carbocycles. The summed E-state index contributed by atoms with van der Waals surface area (Å²) in [5, 5.41) is 11.8. The molecular formula is C21H25NO11. The van der Waals surface area contributed by atoms with Crippen LogP contribution in [0.4, 0.5) is 0 Å². The molecule has 1 heterocycles. The van der Waals surface area contributed by atoms with E-state index in [2.05, 4.69) is 5.32 Å². The maximum absolute atomic E-state index is 11.9. The van der Waals surface area contributed by atoms with Crippen LogP contribution in [0.5, 0.6) is 5.75 Å². The van der Waals surface area contributed by atoms with Crippen LogP contribution in [0, 0.1) is 0 Å². The molecule has 1 fully saturated rings. The summed E-state index contributed by atoms with van der Waals surface area (Å²) in [6.45, 7) is 4.24. The number of benzene rings is 1. The molecule has 2 rings (SSSR count). The van der Waals surface area contributed by atoms with Gasteiger partial charge in [-0.05, 0) is 18.2 Å². The van der Waals surface area contributed by atoms with E-state index >= 15 is 0 Å². The van der Waals surface area contributed by atoms with Crippen molar-refractivity contribution in [2.75, 3.05) is 6.61 Å². The highest BCUT2D eigenvalue weighted by molar-refractivity contribution is 5.88. The molecule has 0 aromatic heterocycles. The number of ether oxygens (including phenoxy) is 5. The number of amides is 1. The Morgan fingerprint density at radius 2 is 1.61 bits per heavy atom. The second-order valence-corrected chi connectivity index (χ2v) is 7.17. The maximum Gasteiger partial charge on any atom is 0.335 e. The van der Waals surface area contributed by atoms with Crippen molar-refractivity contribution < 1.29 is 52.8 Å². The lowest BCUT2D eigenvalue weighted by Crippen LogP contribution is -2.67. The van der Waals surface area contributed by atoms with E-state index in [0.29, 0.717) is 0 Å². The molecule has 0 unspecified atom stereocenters. The second-order valence-electron chi connectivity index (χ2n) is 7.17. The molecule has 0 spiro atoms. The highest BCUT2D eigenvalue weighted by atomic mass is 16.7. The first-order valence-electron chi connectivity index (χ1n) is 9.88. The van der Waals surface area contributed by atoms with Crippen LogP contribution in [0.1, 0.15) is 38.1 Å². The van der Waals surface area contributed by atoms with Gasteiger partial charge in [0.25, 0.3) is 0 Å². The Kier molecular flexibility index (Phi) is 8.74. The Hall–Kier alpha value is -3.67. The monoisotopic (exact) mass is 467 g/mol. The standard InChI is InChI=1S/C21H25NO11/c1-10(23)22-17-19(31-13(4)26)18(30-12(3)25)16(9-29-11(2)24)33-21(17)32-15-7-5-6-14(8-15)20(27)28/h5-8,16-19,21H,9H2,1-4H3,(H,22,23)(H,27,28)/t16-,17+,18+,19+,21-/m1/s1. The minimum atomic E-state index is -1.34. The topological polar surface area (TPSA) is 164 Å². The molecule has 1 aliphatic heterocycles. The quantitative estimate of drug-likeness (QED) is 0.402. The van der Waals surface area contributed by atoms with Crippen LogP contribution in [0.15, 0.2) is 24.3 Å². The summed E-state index contributed by atoms with van der Waals surface area (Å²) in [6.07, 6.45) is -5.01. The summed E-state index contributed by atoms with van der Waals surface area (Å²) in [5.41, 5.74) is -0.0647. The molecule has 12 heteroatoms. The first-order chi connectivity index (χ1) is 15.5. The number of hydrogen-bond acceptors (Lipinski definition) is 10. The number of esters is 3. The van der Waals surface area contributed by atoms with Gasteiger partial charge < -0.3 is 34.1 Å². The average molecular weight is 467 g/mol. The fraction of sp³-hybridized carbons (Fsp3) is 0.476. The third kappa shape index (κ3) is 7.45. The normalized spacial score (nSPS) is 24.2. The van der Waals surface area contributed by atoms with Crippen molar-refractivity contribution >= 4 is 29.8 Å². The van der Waals surface area contributed by atoms with Gasteiger partial charge in [0.15, 0.2) is 12.2 Å².